The van der Waals surface area contributed by atoms with Gasteiger partial charge in [-0.2, -0.15) is 5.10 Å². The van der Waals surface area contributed by atoms with Crippen LogP contribution in [0.25, 0.3) is 0 Å². The van der Waals surface area contributed by atoms with Crippen LogP contribution in [0.15, 0.2) is 47.6 Å². The second-order valence-electron chi connectivity index (χ2n) is 8.37. The number of hydrogen-bond donors (Lipinski definition) is 1. The quantitative estimate of drug-likeness (QED) is 0.845. The van der Waals surface area contributed by atoms with Crippen molar-refractivity contribution in [2.24, 2.45) is 5.10 Å². The molecule has 1 spiro atoms. The van der Waals surface area contributed by atoms with E-state index >= 15 is 0 Å². The summed E-state index contributed by atoms with van der Waals surface area (Å²) >= 11 is 0. The Morgan fingerprint density at radius 2 is 1.93 bits per heavy atom. The third kappa shape index (κ3) is 3.01. The normalized spacial score (nSPS) is 27.2. The zero-order valence-corrected chi connectivity index (χ0v) is 18.0. The van der Waals surface area contributed by atoms with Crippen molar-refractivity contribution in [3.63, 3.8) is 0 Å². The molecule has 30 heavy (non-hydrogen) atoms. The molecule has 0 amide bonds. The highest BCUT2D eigenvalue weighted by Crippen LogP contribution is 2.49. The molecule has 0 saturated carbocycles. The van der Waals surface area contributed by atoms with Gasteiger partial charge in [-0.25, -0.2) is 5.01 Å². The second kappa shape index (κ2) is 7.51. The van der Waals surface area contributed by atoms with Gasteiger partial charge in [0.1, 0.15) is 17.2 Å². The molecule has 3 aliphatic rings. The topological polar surface area (TPSA) is 47.7 Å². The highest BCUT2D eigenvalue weighted by Gasteiger charge is 2.52. The molecule has 0 bridgehead atoms. The van der Waals surface area contributed by atoms with Crippen LogP contribution >= 0.6 is 0 Å². The summed E-state index contributed by atoms with van der Waals surface area (Å²) in [5.41, 5.74) is 2.93. The van der Waals surface area contributed by atoms with E-state index in [1.54, 1.807) is 19.1 Å². The zero-order chi connectivity index (χ0) is 20.7. The number of quaternary nitrogens is 1. The molecule has 0 unspecified atom stereocenters. The summed E-state index contributed by atoms with van der Waals surface area (Å²) in [6, 6.07) is 14.6. The highest BCUT2D eigenvalue weighted by atomic mass is 16.5. The van der Waals surface area contributed by atoms with Crippen LogP contribution in [0.2, 0.25) is 0 Å². The Labute approximate surface area is 178 Å². The lowest BCUT2D eigenvalue weighted by Crippen LogP contribution is -3.13. The van der Waals surface area contributed by atoms with Gasteiger partial charge in [0.05, 0.1) is 58.4 Å². The number of benzene rings is 2. The minimum Gasteiger partial charge on any atom is -0.497 e. The second-order valence-corrected chi connectivity index (χ2v) is 8.37. The number of hydrazone groups is 1. The van der Waals surface area contributed by atoms with E-state index in [0.29, 0.717) is 0 Å². The van der Waals surface area contributed by atoms with Crippen molar-refractivity contribution in [1.29, 1.82) is 0 Å². The Kier molecular flexibility index (Phi) is 4.82. The summed E-state index contributed by atoms with van der Waals surface area (Å²) < 4.78 is 17.7. The first-order valence-electron chi connectivity index (χ1n) is 10.9. The SMILES string of the molecule is CC[NH+]1CCC2(CC1)Oc1ccccc1[C@H]1CC(c3ccc(OC)cc3OC)=NN12. The van der Waals surface area contributed by atoms with Crippen molar-refractivity contribution < 1.29 is 19.1 Å². The molecule has 3 heterocycles. The van der Waals surface area contributed by atoms with Crippen LogP contribution in [0.4, 0.5) is 0 Å². The van der Waals surface area contributed by atoms with E-state index in [2.05, 4.69) is 42.3 Å². The fourth-order valence-electron chi connectivity index (χ4n) is 5.11. The molecule has 1 fully saturated rings. The molecule has 0 aliphatic carbocycles. The molecule has 2 aromatic rings. The molecule has 6 heteroatoms. The average molecular weight is 409 g/mol. The lowest BCUT2D eigenvalue weighted by molar-refractivity contribution is -0.906. The molecule has 158 valence electrons. The number of fused-ring (bicyclic) bond motifs is 4. The van der Waals surface area contributed by atoms with Crippen molar-refractivity contribution in [3.05, 3.63) is 53.6 Å². The van der Waals surface area contributed by atoms with Crippen LogP contribution in [0.1, 0.15) is 43.4 Å². The van der Waals surface area contributed by atoms with Gasteiger partial charge >= 0.3 is 0 Å². The number of methoxy groups -OCH3 is 2. The predicted molar refractivity (Wildman–Crippen MR) is 116 cm³/mol. The van der Waals surface area contributed by atoms with Gasteiger partial charge in [-0.1, -0.05) is 18.2 Å². The fraction of sp³-hybridized carbons (Fsp3) is 0.458. The Hall–Kier alpha value is -2.73. The van der Waals surface area contributed by atoms with Crippen molar-refractivity contribution in [3.8, 4) is 17.2 Å². The van der Waals surface area contributed by atoms with Gasteiger partial charge in [0.2, 0.25) is 5.72 Å². The lowest BCUT2D eigenvalue weighted by atomic mass is 9.90. The molecule has 1 atom stereocenters. The maximum atomic E-state index is 6.70. The standard InChI is InChI=1S/C24H29N3O3/c1-4-26-13-11-24(12-14-26)27-21(19-7-5-6-8-22(19)30-24)16-20(25-27)18-10-9-17(28-2)15-23(18)29-3/h5-10,15,21H,4,11-14,16H2,1-3H3/p+1/t21-/m1/s1. The van der Waals surface area contributed by atoms with E-state index < -0.39 is 0 Å². The summed E-state index contributed by atoms with van der Waals surface area (Å²) in [6.45, 7) is 5.64. The van der Waals surface area contributed by atoms with E-state index in [1.807, 2.05) is 12.1 Å². The Balaban J connectivity index is 1.55. The predicted octanol–water partition coefficient (Wildman–Crippen LogP) is 2.64. The zero-order valence-electron chi connectivity index (χ0n) is 18.0. The molecule has 6 nitrogen and oxygen atoms in total. The lowest BCUT2D eigenvalue weighted by Gasteiger charge is -2.50. The largest absolute Gasteiger partial charge is 0.497 e. The molecule has 5 rings (SSSR count). The Bertz CT molecular complexity index is 966. The minimum atomic E-state index is -0.362. The molecule has 3 aliphatic heterocycles. The van der Waals surface area contributed by atoms with Gasteiger partial charge in [0, 0.05) is 23.6 Å². The Morgan fingerprint density at radius 1 is 1.13 bits per heavy atom. The Morgan fingerprint density at radius 3 is 2.67 bits per heavy atom. The third-order valence-electron chi connectivity index (χ3n) is 6.86. The van der Waals surface area contributed by atoms with E-state index in [4.69, 9.17) is 19.3 Å². The average Bonchev–Trinajstić information content (AvgIpc) is 3.26. The summed E-state index contributed by atoms with van der Waals surface area (Å²) in [5, 5.41) is 7.43. The van der Waals surface area contributed by atoms with Crippen LogP contribution < -0.4 is 19.1 Å². The summed E-state index contributed by atoms with van der Waals surface area (Å²) in [4.78, 5) is 1.64. The van der Waals surface area contributed by atoms with Gasteiger partial charge < -0.3 is 19.1 Å². The van der Waals surface area contributed by atoms with Gasteiger partial charge in [0.25, 0.3) is 0 Å². The summed E-state index contributed by atoms with van der Waals surface area (Å²) in [6.07, 6.45) is 2.81. The van der Waals surface area contributed by atoms with E-state index in [9.17, 15) is 0 Å². The third-order valence-corrected chi connectivity index (χ3v) is 6.86. The van der Waals surface area contributed by atoms with Crippen LogP contribution in [-0.2, 0) is 0 Å². The van der Waals surface area contributed by atoms with Crippen LogP contribution in [0.3, 0.4) is 0 Å². The van der Waals surface area contributed by atoms with Gasteiger partial charge in [0.15, 0.2) is 0 Å². The van der Waals surface area contributed by atoms with Crippen molar-refractivity contribution in [2.45, 2.75) is 38.0 Å². The van der Waals surface area contributed by atoms with Gasteiger partial charge in [-0.15, -0.1) is 0 Å². The van der Waals surface area contributed by atoms with Crippen molar-refractivity contribution >= 4 is 5.71 Å². The number of hydrogen-bond acceptors (Lipinski definition) is 5. The number of nitrogens with zero attached hydrogens (tertiary/aromatic N) is 2. The fourth-order valence-corrected chi connectivity index (χ4v) is 5.11. The van der Waals surface area contributed by atoms with Crippen molar-refractivity contribution in [2.75, 3.05) is 33.9 Å². The molecule has 1 saturated heterocycles. The molecule has 0 aromatic heterocycles. The van der Waals surface area contributed by atoms with Crippen LogP contribution in [0.5, 0.6) is 17.2 Å². The number of rotatable bonds is 4. The first-order valence-corrected chi connectivity index (χ1v) is 10.9. The molecule has 0 radical (unpaired) electrons. The smallest absolute Gasteiger partial charge is 0.208 e. The molecule has 2 aromatic carbocycles. The summed E-state index contributed by atoms with van der Waals surface area (Å²) in [5.74, 6) is 2.59. The van der Waals surface area contributed by atoms with Crippen LogP contribution in [0, 0.1) is 0 Å². The van der Waals surface area contributed by atoms with Gasteiger partial charge in [-0.05, 0) is 25.1 Å². The van der Waals surface area contributed by atoms with Gasteiger partial charge in [-0.3, -0.25) is 0 Å². The highest BCUT2D eigenvalue weighted by molar-refractivity contribution is 6.04. The number of nitrogens with one attached hydrogen (secondary N) is 1. The molecular weight excluding hydrogens is 378 g/mol. The number of ether oxygens (including phenoxy) is 3. The van der Waals surface area contributed by atoms with E-state index in [-0.39, 0.29) is 11.8 Å². The first kappa shape index (κ1) is 19.2. The summed E-state index contributed by atoms with van der Waals surface area (Å²) in [7, 11) is 3.37. The van der Waals surface area contributed by atoms with E-state index in [0.717, 1.165) is 67.4 Å². The molecule has 1 N–H and O–H groups in total. The first-order chi connectivity index (χ1) is 14.7. The maximum Gasteiger partial charge on any atom is 0.208 e. The molecular formula is C24H30N3O3+. The van der Waals surface area contributed by atoms with E-state index in [1.165, 1.54) is 5.56 Å². The minimum absolute atomic E-state index is 0.194. The van der Waals surface area contributed by atoms with Crippen LogP contribution in [-0.4, -0.2) is 50.3 Å². The monoisotopic (exact) mass is 408 g/mol. The van der Waals surface area contributed by atoms with Crippen molar-refractivity contribution in [1.82, 2.24) is 5.01 Å². The number of piperidine rings is 1. The maximum absolute atomic E-state index is 6.70. The number of para-hydroxylation sites is 1. The number of likely N-dealkylation sites (tertiary alicyclic amines) is 1.